The highest BCUT2D eigenvalue weighted by molar-refractivity contribution is 7.85. The molecule has 0 aliphatic heterocycles. The van der Waals surface area contributed by atoms with E-state index in [0.29, 0.717) is 25.4 Å². The highest BCUT2D eigenvalue weighted by Crippen LogP contribution is 2.22. The molecule has 11 heteroatoms. The van der Waals surface area contributed by atoms with E-state index in [1.54, 1.807) is 41.5 Å². The second-order valence-corrected chi connectivity index (χ2v) is 12.7. The average Bonchev–Trinajstić information content (AvgIpc) is 2.65. The van der Waals surface area contributed by atoms with Gasteiger partial charge in [0.25, 0.3) is 10.1 Å². The molecule has 0 bridgehead atoms. The zero-order valence-electron chi connectivity index (χ0n) is 22.6. The summed E-state index contributed by atoms with van der Waals surface area (Å²) in [4.78, 5) is 27.0. The first-order valence-corrected chi connectivity index (χ1v) is 14.2. The molecule has 1 aromatic carbocycles. The molecule has 0 aromatic heterocycles. The van der Waals surface area contributed by atoms with Gasteiger partial charge in [0.2, 0.25) is 0 Å². The normalized spacial score (nSPS) is 13.1. The van der Waals surface area contributed by atoms with Crippen LogP contribution in [0, 0.1) is 6.92 Å². The van der Waals surface area contributed by atoms with Crippen molar-refractivity contribution >= 4 is 39.5 Å². The van der Waals surface area contributed by atoms with Gasteiger partial charge in [-0.25, -0.2) is 4.79 Å². The largest absolute Gasteiger partial charge is 0.460 e. The van der Waals surface area contributed by atoms with Crippen molar-refractivity contribution in [2.24, 2.45) is 0 Å². The van der Waals surface area contributed by atoms with Crippen LogP contribution >= 0.6 is 11.6 Å². The van der Waals surface area contributed by atoms with Crippen molar-refractivity contribution in [3.63, 3.8) is 0 Å². The zero-order valence-corrected chi connectivity index (χ0v) is 24.2. The van der Waals surface area contributed by atoms with Crippen LogP contribution < -0.4 is 10.2 Å². The first-order chi connectivity index (χ1) is 16.4. The summed E-state index contributed by atoms with van der Waals surface area (Å²) in [6.07, 6.45) is 0.706. The van der Waals surface area contributed by atoms with Crippen molar-refractivity contribution in [2.75, 3.05) is 36.7 Å². The standard InChI is InChI=1S/C25H41ClN2O7S/c1-18-9-10-21(28(12-11-26)13-14-33-36(8,31)32)16-19(18)15-20(17-22(29)34-24(2,3)4)27-23(30)35-25(5,6)7/h9-10,16,20H,11-15,17H2,1-8H3,(H,27,30)/t20-/m1/s1. The summed E-state index contributed by atoms with van der Waals surface area (Å²) in [7, 11) is -3.55. The number of hydrogen-bond donors (Lipinski definition) is 1. The number of ether oxygens (including phenoxy) is 2. The number of aryl methyl sites for hydroxylation is 1. The van der Waals surface area contributed by atoms with Crippen LogP contribution in [-0.4, -0.2) is 69.6 Å². The lowest BCUT2D eigenvalue weighted by molar-refractivity contribution is -0.155. The fraction of sp³-hybridized carbons (Fsp3) is 0.680. The van der Waals surface area contributed by atoms with E-state index in [0.717, 1.165) is 23.1 Å². The van der Waals surface area contributed by atoms with Crippen LogP contribution in [0.4, 0.5) is 10.5 Å². The van der Waals surface area contributed by atoms with Gasteiger partial charge in [-0.1, -0.05) is 6.07 Å². The Bertz CT molecular complexity index is 955. The third-order valence-corrected chi connectivity index (χ3v) is 5.50. The first kappa shape index (κ1) is 32.0. The number of amides is 1. The Labute approximate surface area is 220 Å². The van der Waals surface area contributed by atoms with Crippen molar-refractivity contribution < 1.29 is 31.7 Å². The Kier molecular flexibility index (Phi) is 12.0. The molecule has 1 amide bonds. The Morgan fingerprint density at radius 3 is 2.19 bits per heavy atom. The maximum atomic E-state index is 12.6. The van der Waals surface area contributed by atoms with E-state index in [4.69, 9.17) is 25.3 Å². The molecule has 0 aliphatic carbocycles. The summed E-state index contributed by atoms with van der Waals surface area (Å²) in [6.45, 7) is 13.4. The van der Waals surface area contributed by atoms with Gasteiger partial charge in [-0.3, -0.25) is 8.98 Å². The van der Waals surface area contributed by atoms with Crippen LogP contribution in [0.5, 0.6) is 0 Å². The van der Waals surface area contributed by atoms with Gasteiger partial charge in [-0.15, -0.1) is 11.6 Å². The summed E-state index contributed by atoms with van der Waals surface area (Å²) >= 11 is 5.98. The number of nitrogens with zero attached hydrogens (tertiary/aromatic N) is 1. The number of carbonyl (C=O) groups is 2. The van der Waals surface area contributed by atoms with Crippen LogP contribution in [0.15, 0.2) is 18.2 Å². The Balaban J connectivity index is 3.15. The highest BCUT2D eigenvalue weighted by Gasteiger charge is 2.25. The van der Waals surface area contributed by atoms with E-state index in [2.05, 4.69) is 5.32 Å². The average molecular weight is 549 g/mol. The van der Waals surface area contributed by atoms with Crippen molar-refractivity contribution in [2.45, 2.75) is 78.6 Å². The molecule has 0 spiro atoms. The minimum absolute atomic E-state index is 0.0135. The van der Waals surface area contributed by atoms with Gasteiger partial charge in [0.15, 0.2) is 0 Å². The number of alkyl carbamates (subject to hydrolysis) is 1. The summed E-state index contributed by atoms with van der Waals surface area (Å²) in [5.41, 5.74) is 1.35. The van der Waals surface area contributed by atoms with Crippen LogP contribution in [0.3, 0.4) is 0 Å². The number of anilines is 1. The molecule has 0 unspecified atom stereocenters. The molecular formula is C25H41ClN2O7S. The third kappa shape index (κ3) is 13.9. The van der Waals surface area contributed by atoms with Gasteiger partial charge in [0, 0.05) is 30.7 Å². The van der Waals surface area contributed by atoms with Crippen molar-refractivity contribution in [3.8, 4) is 0 Å². The fourth-order valence-electron chi connectivity index (χ4n) is 3.34. The monoisotopic (exact) mass is 548 g/mol. The smallest absolute Gasteiger partial charge is 0.407 e. The molecule has 1 N–H and O–H groups in total. The number of benzene rings is 1. The number of alkyl halides is 1. The van der Waals surface area contributed by atoms with E-state index in [1.807, 2.05) is 30.0 Å². The van der Waals surface area contributed by atoms with Gasteiger partial charge >= 0.3 is 12.1 Å². The van der Waals surface area contributed by atoms with Crippen LogP contribution in [0.2, 0.25) is 0 Å². The number of esters is 1. The molecule has 1 rings (SSSR count). The third-order valence-electron chi connectivity index (χ3n) is 4.73. The zero-order chi connectivity index (χ0) is 27.7. The maximum Gasteiger partial charge on any atom is 0.407 e. The molecule has 1 atom stereocenters. The fourth-order valence-corrected chi connectivity index (χ4v) is 3.92. The summed E-state index contributed by atoms with van der Waals surface area (Å²) in [5, 5.41) is 2.81. The molecule has 0 saturated heterocycles. The number of rotatable bonds is 12. The molecule has 0 aliphatic rings. The van der Waals surface area contributed by atoms with Crippen LogP contribution in [0.25, 0.3) is 0 Å². The van der Waals surface area contributed by atoms with Crippen LogP contribution in [-0.2, 0) is 35.0 Å². The number of hydrogen-bond acceptors (Lipinski definition) is 8. The lowest BCUT2D eigenvalue weighted by Crippen LogP contribution is -2.42. The Hall–Kier alpha value is -2.04. The molecule has 0 heterocycles. The molecule has 9 nitrogen and oxygen atoms in total. The summed E-state index contributed by atoms with van der Waals surface area (Å²) in [6, 6.07) is 5.22. The number of halogens is 1. The van der Waals surface area contributed by atoms with Crippen molar-refractivity contribution in [3.05, 3.63) is 29.3 Å². The predicted octanol–water partition coefficient (Wildman–Crippen LogP) is 4.18. The minimum atomic E-state index is -3.55. The first-order valence-electron chi connectivity index (χ1n) is 11.8. The molecule has 0 saturated carbocycles. The lowest BCUT2D eigenvalue weighted by atomic mass is 9.98. The topological polar surface area (TPSA) is 111 Å². The van der Waals surface area contributed by atoms with E-state index >= 15 is 0 Å². The maximum absolute atomic E-state index is 12.6. The number of nitrogens with one attached hydrogen (secondary N) is 1. The minimum Gasteiger partial charge on any atom is -0.460 e. The van der Waals surface area contributed by atoms with E-state index in [1.165, 1.54) is 0 Å². The van der Waals surface area contributed by atoms with Gasteiger partial charge in [0.1, 0.15) is 11.2 Å². The molecule has 206 valence electrons. The van der Waals surface area contributed by atoms with Gasteiger partial charge in [0.05, 0.1) is 19.3 Å². The Morgan fingerprint density at radius 2 is 1.67 bits per heavy atom. The van der Waals surface area contributed by atoms with Crippen molar-refractivity contribution in [1.82, 2.24) is 5.32 Å². The van der Waals surface area contributed by atoms with Crippen LogP contribution in [0.1, 0.15) is 59.1 Å². The van der Waals surface area contributed by atoms with Gasteiger partial charge in [-0.2, -0.15) is 8.42 Å². The second-order valence-electron chi connectivity index (χ2n) is 10.7. The van der Waals surface area contributed by atoms with E-state index in [-0.39, 0.29) is 13.0 Å². The van der Waals surface area contributed by atoms with Crippen molar-refractivity contribution in [1.29, 1.82) is 0 Å². The summed E-state index contributed by atoms with van der Waals surface area (Å²) in [5.74, 6) is -0.0946. The summed E-state index contributed by atoms with van der Waals surface area (Å²) < 4.78 is 38.4. The van der Waals surface area contributed by atoms with Gasteiger partial charge < -0.3 is 19.7 Å². The van der Waals surface area contributed by atoms with E-state index < -0.39 is 39.4 Å². The molecular weight excluding hydrogens is 508 g/mol. The molecule has 1 aromatic rings. The quantitative estimate of drug-likeness (QED) is 0.235. The SMILES string of the molecule is Cc1ccc(N(CCCl)CCOS(C)(=O)=O)cc1C[C@H](CC(=O)OC(C)(C)C)NC(=O)OC(C)(C)C. The molecule has 0 radical (unpaired) electrons. The Morgan fingerprint density at radius 1 is 1.06 bits per heavy atom. The molecule has 0 fully saturated rings. The lowest BCUT2D eigenvalue weighted by Gasteiger charge is -2.27. The number of carbonyl (C=O) groups excluding carboxylic acids is 2. The molecule has 36 heavy (non-hydrogen) atoms. The van der Waals surface area contributed by atoms with Gasteiger partial charge in [-0.05, 0) is 78.1 Å². The van der Waals surface area contributed by atoms with E-state index in [9.17, 15) is 18.0 Å². The highest BCUT2D eigenvalue weighted by atomic mass is 35.5. The second kappa shape index (κ2) is 13.5. The predicted molar refractivity (Wildman–Crippen MR) is 142 cm³/mol.